The van der Waals surface area contributed by atoms with E-state index in [1.54, 1.807) is 0 Å². The molecular weight excluding hydrogens is 222 g/mol. The number of hydrogen-bond acceptors (Lipinski definition) is 2. The Morgan fingerprint density at radius 1 is 1.33 bits per heavy atom. The number of para-hydroxylation sites is 1. The van der Waals surface area contributed by atoms with Crippen molar-refractivity contribution in [2.45, 2.75) is 57.1 Å². The van der Waals surface area contributed by atoms with Gasteiger partial charge in [-0.25, -0.2) is 0 Å². The summed E-state index contributed by atoms with van der Waals surface area (Å²) in [5, 5.41) is 3.64. The Labute approximate surface area is 110 Å². The highest BCUT2D eigenvalue weighted by Crippen LogP contribution is 2.36. The quantitative estimate of drug-likeness (QED) is 0.863. The van der Waals surface area contributed by atoms with Crippen LogP contribution in [0, 0.1) is 0 Å². The molecule has 2 heteroatoms. The average molecular weight is 245 g/mol. The van der Waals surface area contributed by atoms with Gasteiger partial charge in [0.1, 0.15) is 11.4 Å². The molecule has 0 saturated carbocycles. The fraction of sp³-hybridized carbons (Fsp3) is 0.625. The Morgan fingerprint density at radius 3 is 3.06 bits per heavy atom. The number of benzene rings is 1. The molecule has 2 aliphatic rings. The fourth-order valence-electron chi connectivity index (χ4n) is 3.29. The normalized spacial score (nSPS) is 31.5. The van der Waals surface area contributed by atoms with Crippen LogP contribution in [-0.4, -0.2) is 18.2 Å². The van der Waals surface area contributed by atoms with Crippen LogP contribution < -0.4 is 10.1 Å². The summed E-state index contributed by atoms with van der Waals surface area (Å²) in [6, 6.07) is 9.13. The molecule has 0 amide bonds. The monoisotopic (exact) mass is 245 g/mol. The predicted molar refractivity (Wildman–Crippen MR) is 74.1 cm³/mol. The summed E-state index contributed by atoms with van der Waals surface area (Å²) < 4.78 is 6.28. The molecule has 0 radical (unpaired) electrons. The standard InChI is InChI=1S/C16H23NO/c1-16(12-14-7-4-5-11-17-14)10-9-13-6-2-3-8-15(13)18-16/h2-3,6,8,14,17H,4-5,7,9-12H2,1H3. The molecule has 2 atom stereocenters. The Hall–Kier alpha value is -1.02. The number of ether oxygens (including phenoxy) is 1. The van der Waals surface area contributed by atoms with Gasteiger partial charge in [0.15, 0.2) is 0 Å². The van der Waals surface area contributed by atoms with E-state index in [1.165, 1.54) is 31.4 Å². The summed E-state index contributed by atoms with van der Waals surface area (Å²) in [5.74, 6) is 1.10. The van der Waals surface area contributed by atoms with Crippen molar-refractivity contribution >= 4 is 0 Å². The first-order chi connectivity index (χ1) is 8.75. The van der Waals surface area contributed by atoms with E-state index in [2.05, 4.69) is 36.5 Å². The Balaban J connectivity index is 1.69. The van der Waals surface area contributed by atoms with Gasteiger partial charge >= 0.3 is 0 Å². The molecule has 1 saturated heterocycles. The maximum Gasteiger partial charge on any atom is 0.123 e. The van der Waals surface area contributed by atoms with Crippen LogP contribution in [0.25, 0.3) is 0 Å². The van der Waals surface area contributed by atoms with Crippen LogP contribution in [0.1, 0.15) is 44.6 Å². The van der Waals surface area contributed by atoms with E-state index in [-0.39, 0.29) is 5.60 Å². The lowest BCUT2D eigenvalue weighted by Crippen LogP contribution is -2.45. The third-order valence-corrected chi connectivity index (χ3v) is 4.34. The van der Waals surface area contributed by atoms with Crippen molar-refractivity contribution in [3.63, 3.8) is 0 Å². The van der Waals surface area contributed by atoms with Crippen LogP contribution in [0.2, 0.25) is 0 Å². The molecule has 1 aromatic rings. The SMILES string of the molecule is CC1(CC2CCCCN2)CCc2ccccc2O1. The minimum Gasteiger partial charge on any atom is -0.487 e. The van der Waals surface area contributed by atoms with Gasteiger partial charge in [-0.1, -0.05) is 24.6 Å². The molecule has 18 heavy (non-hydrogen) atoms. The van der Waals surface area contributed by atoms with Crippen LogP contribution in [0.3, 0.4) is 0 Å². The van der Waals surface area contributed by atoms with Crippen molar-refractivity contribution in [3.8, 4) is 5.75 Å². The predicted octanol–water partition coefficient (Wildman–Crippen LogP) is 3.30. The first kappa shape index (κ1) is 12.0. The van der Waals surface area contributed by atoms with Gasteiger partial charge in [0, 0.05) is 12.5 Å². The number of hydrogen-bond donors (Lipinski definition) is 1. The maximum absolute atomic E-state index is 6.28. The number of rotatable bonds is 2. The first-order valence-corrected chi connectivity index (χ1v) is 7.25. The van der Waals surface area contributed by atoms with Crippen LogP contribution >= 0.6 is 0 Å². The van der Waals surface area contributed by atoms with Crippen LogP contribution in [0.15, 0.2) is 24.3 Å². The molecule has 2 nitrogen and oxygen atoms in total. The zero-order valence-electron chi connectivity index (χ0n) is 11.2. The average Bonchev–Trinajstić information content (AvgIpc) is 2.39. The number of aryl methyl sites for hydroxylation is 1. The van der Waals surface area contributed by atoms with Gasteiger partial charge < -0.3 is 10.1 Å². The summed E-state index contributed by atoms with van der Waals surface area (Å²) in [5.41, 5.74) is 1.38. The summed E-state index contributed by atoms with van der Waals surface area (Å²) >= 11 is 0. The fourth-order valence-corrected chi connectivity index (χ4v) is 3.29. The second kappa shape index (κ2) is 4.93. The first-order valence-electron chi connectivity index (χ1n) is 7.25. The highest BCUT2D eigenvalue weighted by atomic mass is 16.5. The molecule has 1 aromatic carbocycles. The van der Waals surface area contributed by atoms with Crippen molar-refractivity contribution in [1.29, 1.82) is 0 Å². The summed E-state index contributed by atoms with van der Waals surface area (Å²) in [7, 11) is 0. The molecule has 98 valence electrons. The Kier molecular flexibility index (Phi) is 3.29. The molecular formula is C16H23NO. The largest absolute Gasteiger partial charge is 0.487 e. The van der Waals surface area contributed by atoms with Gasteiger partial charge in [-0.2, -0.15) is 0 Å². The Bertz CT molecular complexity index is 411. The minimum absolute atomic E-state index is 0.0172. The van der Waals surface area contributed by atoms with Gasteiger partial charge in [0.25, 0.3) is 0 Å². The van der Waals surface area contributed by atoms with E-state index < -0.39 is 0 Å². The van der Waals surface area contributed by atoms with Crippen LogP contribution in [-0.2, 0) is 6.42 Å². The summed E-state index contributed by atoms with van der Waals surface area (Å²) in [6.07, 6.45) is 7.44. The lowest BCUT2D eigenvalue weighted by molar-refractivity contribution is 0.0423. The molecule has 0 aromatic heterocycles. The van der Waals surface area contributed by atoms with Crippen molar-refractivity contribution < 1.29 is 4.74 Å². The van der Waals surface area contributed by atoms with Crippen molar-refractivity contribution in [2.75, 3.05) is 6.54 Å². The third kappa shape index (κ3) is 2.54. The van der Waals surface area contributed by atoms with Gasteiger partial charge in [0.05, 0.1) is 0 Å². The number of nitrogens with one attached hydrogen (secondary N) is 1. The van der Waals surface area contributed by atoms with E-state index in [0.717, 1.165) is 25.0 Å². The highest BCUT2D eigenvalue weighted by Gasteiger charge is 2.34. The van der Waals surface area contributed by atoms with Crippen molar-refractivity contribution in [2.24, 2.45) is 0 Å². The molecule has 2 aliphatic heterocycles. The smallest absolute Gasteiger partial charge is 0.123 e. The molecule has 1 fully saturated rings. The second-order valence-electron chi connectivity index (χ2n) is 6.01. The van der Waals surface area contributed by atoms with E-state index in [9.17, 15) is 0 Å². The zero-order chi connectivity index (χ0) is 12.4. The van der Waals surface area contributed by atoms with Gasteiger partial charge in [-0.15, -0.1) is 0 Å². The van der Waals surface area contributed by atoms with Gasteiger partial charge in [-0.05, 0) is 50.8 Å². The van der Waals surface area contributed by atoms with E-state index in [4.69, 9.17) is 4.74 Å². The second-order valence-corrected chi connectivity index (χ2v) is 6.01. The summed E-state index contributed by atoms with van der Waals surface area (Å²) in [4.78, 5) is 0. The molecule has 0 aliphatic carbocycles. The highest BCUT2D eigenvalue weighted by molar-refractivity contribution is 5.35. The van der Waals surface area contributed by atoms with Crippen LogP contribution in [0.5, 0.6) is 5.75 Å². The van der Waals surface area contributed by atoms with E-state index in [0.29, 0.717) is 6.04 Å². The number of piperidine rings is 1. The number of fused-ring (bicyclic) bond motifs is 1. The molecule has 0 bridgehead atoms. The lowest BCUT2D eigenvalue weighted by atomic mass is 9.85. The maximum atomic E-state index is 6.28. The Morgan fingerprint density at radius 2 is 2.22 bits per heavy atom. The molecule has 3 rings (SSSR count). The van der Waals surface area contributed by atoms with Gasteiger partial charge in [0.2, 0.25) is 0 Å². The summed E-state index contributed by atoms with van der Waals surface area (Å²) in [6.45, 7) is 3.45. The minimum atomic E-state index is 0.0172. The zero-order valence-corrected chi connectivity index (χ0v) is 11.2. The van der Waals surface area contributed by atoms with Gasteiger partial charge in [-0.3, -0.25) is 0 Å². The molecule has 0 spiro atoms. The molecule has 1 N–H and O–H groups in total. The van der Waals surface area contributed by atoms with Crippen molar-refractivity contribution in [1.82, 2.24) is 5.32 Å². The topological polar surface area (TPSA) is 21.3 Å². The van der Waals surface area contributed by atoms with Crippen molar-refractivity contribution in [3.05, 3.63) is 29.8 Å². The molecule has 2 heterocycles. The van der Waals surface area contributed by atoms with E-state index in [1.807, 2.05) is 0 Å². The van der Waals surface area contributed by atoms with E-state index >= 15 is 0 Å². The molecule has 2 unspecified atom stereocenters. The van der Waals surface area contributed by atoms with Crippen LogP contribution in [0.4, 0.5) is 0 Å². The third-order valence-electron chi connectivity index (χ3n) is 4.34. The lowest BCUT2D eigenvalue weighted by Gasteiger charge is -2.39.